The van der Waals surface area contributed by atoms with Crippen LogP contribution in [0.4, 0.5) is 0 Å². The highest BCUT2D eigenvalue weighted by atomic mass is 16.3. The standard InChI is InChI=1S/C36H23N3O/c1-2-9-24(10-3-1)25-17-19-32-35(23-25)40-36(38-32)27-16-18-30-29-13-4-5-15-33(29)39(34(30)22-27)28-12-8-11-26(21-28)31-14-6-7-20-37-31/h1-23H. The Morgan fingerprint density at radius 3 is 2.23 bits per heavy atom. The second kappa shape index (κ2) is 9.07. The second-order valence-electron chi connectivity index (χ2n) is 9.92. The lowest BCUT2D eigenvalue weighted by Crippen LogP contribution is -1.95. The van der Waals surface area contributed by atoms with Crippen molar-refractivity contribution in [3.8, 4) is 39.5 Å². The van der Waals surface area contributed by atoms with Crippen LogP contribution in [0.3, 0.4) is 0 Å². The van der Waals surface area contributed by atoms with Gasteiger partial charge < -0.3 is 8.98 Å². The number of pyridine rings is 1. The highest BCUT2D eigenvalue weighted by molar-refractivity contribution is 6.10. The summed E-state index contributed by atoms with van der Waals surface area (Å²) in [6.45, 7) is 0. The van der Waals surface area contributed by atoms with Crippen LogP contribution in [0.25, 0.3) is 72.4 Å². The Hall–Kier alpha value is -5.48. The van der Waals surface area contributed by atoms with Crippen LogP contribution in [-0.2, 0) is 0 Å². The van der Waals surface area contributed by atoms with Crippen molar-refractivity contribution in [1.82, 2.24) is 14.5 Å². The Morgan fingerprint density at radius 1 is 0.525 bits per heavy atom. The van der Waals surface area contributed by atoms with Gasteiger partial charge in [0.1, 0.15) is 5.52 Å². The molecule has 0 fully saturated rings. The number of aromatic nitrogens is 3. The van der Waals surface area contributed by atoms with Crippen molar-refractivity contribution in [3.05, 3.63) is 140 Å². The van der Waals surface area contributed by atoms with Gasteiger partial charge in [-0.2, -0.15) is 0 Å². The molecule has 0 aliphatic heterocycles. The number of benzene rings is 5. The molecule has 0 bridgehead atoms. The third-order valence-corrected chi connectivity index (χ3v) is 7.48. The molecule has 0 aliphatic carbocycles. The Bertz CT molecular complexity index is 2160. The van der Waals surface area contributed by atoms with Gasteiger partial charge in [-0.05, 0) is 65.7 Å². The van der Waals surface area contributed by atoms with Gasteiger partial charge >= 0.3 is 0 Å². The first-order valence-electron chi connectivity index (χ1n) is 13.3. The number of oxazole rings is 1. The Labute approximate surface area is 230 Å². The van der Waals surface area contributed by atoms with E-state index in [4.69, 9.17) is 9.40 Å². The third kappa shape index (κ3) is 3.69. The molecule has 0 radical (unpaired) electrons. The minimum atomic E-state index is 0.612. The monoisotopic (exact) mass is 513 g/mol. The topological polar surface area (TPSA) is 43.9 Å². The van der Waals surface area contributed by atoms with Crippen molar-refractivity contribution in [2.75, 3.05) is 0 Å². The maximum absolute atomic E-state index is 6.33. The molecule has 188 valence electrons. The molecule has 0 spiro atoms. The molecule has 0 N–H and O–H groups in total. The van der Waals surface area contributed by atoms with Crippen LogP contribution in [0.2, 0.25) is 0 Å². The van der Waals surface area contributed by atoms with Gasteiger partial charge in [-0.25, -0.2) is 4.98 Å². The lowest BCUT2D eigenvalue weighted by atomic mass is 10.1. The summed E-state index contributed by atoms with van der Waals surface area (Å²) in [6, 6.07) is 46.1. The molecule has 3 heterocycles. The fourth-order valence-electron chi connectivity index (χ4n) is 5.58. The molecular weight excluding hydrogens is 490 g/mol. The van der Waals surface area contributed by atoms with E-state index in [1.165, 1.54) is 10.8 Å². The second-order valence-corrected chi connectivity index (χ2v) is 9.92. The molecule has 5 aromatic carbocycles. The van der Waals surface area contributed by atoms with Crippen LogP contribution in [0, 0.1) is 0 Å². The molecule has 3 aromatic heterocycles. The summed E-state index contributed by atoms with van der Waals surface area (Å²) in [5, 5.41) is 2.39. The molecule has 4 nitrogen and oxygen atoms in total. The zero-order valence-electron chi connectivity index (χ0n) is 21.5. The van der Waals surface area contributed by atoms with Crippen LogP contribution >= 0.6 is 0 Å². The number of nitrogens with zero attached hydrogens (tertiary/aromatic N) is 3. The van der Waals surface area contributed by atoms with Gasteiger partial charge in [-0.3, -0.25) is 4.98 Å². The zero-order chi connectivity index (χ0) is 26.5. The average molecular weight is 514 g/mol. The minimum Gasteiger partial charge on any atom is -0.436 e. The van der Waals surface area contributed by atoms with Crippen LogP contribution in [0.15, 0.2) is 144 Å². The van der Waals surface area contributed by atoms with Crippen molar-refractivity contribution >= 4 is 32.9 Å². The third-order valence-electron chi connectivity index (χ3n) is 7.48. The zero-order valence-corrected chi connectivity index (χ0v) is 21.5. The van der Waals surface area contributed by atoms with Crippen molar-refractivity contribution in [2.24, 2.45) is 0 Å². The highest BCUT2D eigenvalue weighted by Crippen LogP contribution is 2.36. The number of para-hydroxylation sites is 1. The summed E-state index contributed by atoms with van der Waals surface area (Å²) in [4.78, 5) is 9.42. The summed E-state index contributed by atoms with van der Waals surface area (Å²) >= 11 is 0. The molecule has 0 amide bonds. The molecule has 0 aliphatic rings. The van der Waals surface area contributed by atoms with Crippen LogP contribution in [-0.4, -0.2) is 14.5 Å². The summed E-state index contributed by atoms with van der Waals surface area (Å²) in [5.74, 6) is 0.612. The van der Waals surface area contributed by atoms with Crippen LogP contribution in [0.5, 0.6) is 0 Å². The smallest absolute Gasteiger partial charge is 0.227 e. The van der Waals surface area contributed by atoms with E-state index in [1.54, 1.807) is 0 Å². The maximum atomic E-state index is 6.33. The summed E-state index contributed by atoms with van der Waals surface area (Å²) in [5.41, 5.74) is 10.2. The average Bonchev–Trinajstić information content (AvgIpc) is 3.60. The molecule has 0 saturated heterocycles. The maximum Gasteiger partial charge on any atom is 0.227 e. The normalized spacial score (nSPS) is 11.5. The van der Waals surface area contributed by atoms with Crippen LogP contribution in [0.1, 0.15) is 0 Å². The molecular formula is C36H23N3O. The van der Waals surface area contributed by atoms with Gasteiger partial charge in [-0.1, -0.05) is 78.9 Å². The summed E-state index contributed by atoms with van der Waals surface area (Å²) in [6.07, 6.45) is 1.83. The molecule has 4 heteroatoms. The van der Waals surface area contributed by atoms with E-state index < -0.39 is 0 Å². The summed E-state index contributed by atoms with van der Waals surface area (Å²) in [7, 11) is 0. The minimum absolute atomic E-state index is 0.612. The lowest BCUT2D eigenvalue weighted by molar-refractivity contribution is 0.620. The Morgan fingerprint density at radius 2 is 1.32 bits per heavy atom. The SMILES string of the molecule is c1ccc(-c2ccc3nc(-c4ccc5c6ccccc6n(-c6cccc(-c7ccccn7)c6)c5c4)oc3c2)cc1. The Kier molecular flexibility index (Phi) is 5.10. The predicted molar refractivity (Wildman–Crippen MR) is 162 cm³/mol. The van der Waals surface area contributed by atoms with Crippen molar-refractivity contribution < 1.29 is 4.42 Å². The lowest BCUT2D eigenvalue weighted by Gasteiger charge is -2.10. The van der Waals surface area contributed by atoms with Gasteiger partial charge in [0.05, 0.1) is 16.7 Å². The van der Waals surface area contributed by atoms with Crippen molar-refractivity contribution in [3.63, 3.8) is 0 Å². The van der Waals surface area contributed by atoms with Crippen molar-refractivity contribution in [1.29, 1.82) is 0 Å². The largest absolute Gasteiger partial charge is 0.436 e. The quantitative estimate of drug-likeness (QED) is 0.235. The molecule has 8 rings (SSSR count). The van der Waals surface area contributed by atoms with E-state index in [2.05, 4.69) is 101 Å². The van der Waals surface area contributed by atoms with E-state index in [-0.39, 0.29) is 0 Å². The van der Waals surface area contributed by atoms with E-state index in [0.29, 0.717) is 5.89 Å². The van der Waals surface area contributed by atoms with Gasteiger partial charge in [0.2, 0.25) is 5.89 Å². The first kappa shape index (κ1) is 22.5. The highest BCUT2D eigenvalue weighted by Gasteiger charge is 2.16. The van der Waals surface area contributed by atoms with Gasteiger partial charge in [0, 0.05) is 33.8 Å². The van der Waals surface area contributed by atoms with E-state index in [9.17, 15) is 0 Å². The molecule has 0 atom stereocenters. The number of hydrogen-bond donors (Lipinski definition) is 0. The molecule has 8 aromatic rings. The fraction of sp³-hybridized carbons (Fsp3) is 0. The number of fused-ring (bicyclic) bond motifs is 4. The molecule has 40 heavy (non-hydrogen) atoms. The van der Waals surface area contributed by atoms with E-state index in [1.807, 2.05) is 48.7 Å². The predicted octanol–water partition coefficient (Wildman–Crippen LogP) is 9.32. The first-order chi connectivity index (χ1) is 19.8. The molecule has 0 unspecified atom stereocenters. The van der Waals surface area contributed by atoms with Gasteiger partial charge in [-0.15, -0.1) is 0 Å². The van der Waals surface area contributed by atoms with Crippen LogP contribution < -0.4 is 0 Å². The van der Waals surface area contributed by atoms with E-state index >= 15 is 0 Å². The number of rotatable bonds is 4. The molecule has 0 saturated carbocycles. The summed E-state index contributed by atoms with van der Waals surface area (Å²) < 4.78 is 8.65. The van der Waals surface area contributed by atoms with Gasteiger partial charge in [0.25, 0.3) is 0 Å². The van der Waals surface area contributed by atoms with E-state index in [0.717, 1.165) is 55.8 Å². The Balaban J connectivity index is 1.29. The number of hydrogen-bond acceptors (Lipinski definition) is 3. The van der Waals surface area contributed by atoms with Gasteiger partial charge in [0.15, 0.2) is 5.58 Å². The first-order valence-corrected chi connectivity index (χ1v) is 13.3. The van der Waals surface area contributed by atoms with Crippen molar-refractivity contribution in [2.45, 2.75) is 0 Å². The fourth-order valence-corrected chi connectivity index (χ4v) is 5.58.